The van der Waals surface area contributed by atoms with Crippen LogP contribution in [0.1, 0.15) is 62.5 Å². The van der Waals surface area contributed by atoms with Gasteiger partial charge in [-0.3, -0.25) is 9.78 Å². The van der Waals surface area contributed by atoms with Crippen LogP contribution < -0.4 is 5.73 Å². The highest BCUT2D eigenvalue weighted by Crippen LogP contribution is 2.35. The maximum absolute atomic E-state index is 8.58. The molecule has 0 spiro atoms. The van der Waals surface area contributed by atoms with Crippen LogP contribution in [0.4, 0.5) is 0 Å². The number of primary amides is 1. The van der Waals surface area contributed by atoms with Crippen LogP contribution in [0.25, 0.3) is 33.2 Å². The second-order valence-electron chi connectivity index (χ2n) is 9.09. The van der Waals surface area contributed by atoms with Crippen LogP contribution in [0.2, 0.25) is 0 Å². The summed E-state index contributed by atoms with van der Waals surface area (Å²) in [5.74, 6) is 0.756. The van der Waals surface area contributed by atoms with Crippen molar-refractivity contribution in [3.05, 3.63) is 90.1 Å². The quantitative estimate of drug-likeness (QED) is 0.317. The van der Waals surface area contributed by atoms with Gasteiger partial charge in [0, 0.05) is 11.6 Å². The van der Waals surface area contributed by atoms with Crippen LogP contribution in [-0.4, -0.2) is 11.4 Å². The lowest BCUT2D eigenvalue weighted by Crippen LogP contribution is -2.04. The van der Waals surface area contributed by atoms with E-state index in [9.17, 15) is 0 Å². The molecule has 2 N–H and O–H groups in total. The van der Waals surface area contributed by atoms with Gasteiger partial charge in [0.15, 0.2) is 0 Å². The highest BCUT2D eigenvalue weighted by Gasteiger charge is 2.15. The molecule has 1 heterocycles. The van der Waals surface area contributed by atoms with Gasteiger partial charge in [-0.1, -0.05) is 93.3 Å². The zero-order valence-electron chi connectivity index (χ0n) is 20.0. The van der Waals surface area contributed by atoms with E-state index >= 15 is 0 Å². The second kappa shape index (κ2) is 11.6. The number of fused-ring (bicyclic) bond motifs is 1. The predicted octanol–water partition coefficient (Wildman–Crippen LogP) is 7.67. The summed E-state index contributed by atoms with van der Waals surface area (Å²) in [7, 11) is 0. The van der Waals surface area contributed by atoms with E-state index in [1.807, 2.05) is 6.20 Å². The molecule has 1 fully saturated rings. The lowest BCUT2D eigenvalue weighted by Gasteiger charge is -2.22. The van der Waals surface area contributed by atoms with Crippen LogP contribution in [-0.2, 0) is 11.2 Å². The molecule has 3 nitrogen and oxygen atoms in total. The standard InChI is InChI=1S/C30H31N.CH3NO/c1-2-8-25-11-6-7-12-27(25)28-19-20-31-30-21-26(17-18-29(28)30)24-15-13-23(14-16-24)22-9-4-3-5-10-22;2-1-3/h6-7,11-22H,2-5,8-10H2,1H3;1H,(H2,2,3). The van der Waals surface area contributed by atoms with Crippen molar-refractivity contribution in [2.24, 2.45) is 5.73 Å². The fourth-order valence-corrected chi connectivity index (χ4v) is 5.22. The summed E-state index contributed by atoms with van der Waals surface area (Å²) in [6.07, 6.45) is 11.3. The number of aromatic nitrogens is 1. The zero-order valence-corrected chi connectivity index (χ0v) is 20.0. The largest absolute Gasteiger partial charge is 0.372 e. The maximum atomic E-state index is 8.58. The van der Waals surface area contributed by atoms with Gasteiger partial charge in [-0.15, -0.1) is 0 Å². The molecule has 1 aliphatic rings. The number of hydrogen-bond donors (Lipinski definition) is 1. The van der Waals surface area contributed by atoms with Gasteiger partial charge in [0.25, 0.3) is 0 Å². The van der Waals surface area contributed by atoms with Gasteiger partial charge in [0.2, 0.25) is 6.41 Å². The minimum Gasteiger partial charge on any atom is -0.372 e. The Labute approximate surface area is 203 Å². The molecule has 3 heteroatoms. The van der Waals surface area contributed by atoms with Crippen molar-refractivity contribution in [2.75, 3.05) is 0 Å². The monoisotopic (exact) mass is 450 g/mol. The summed E-state index contributed by atoms with van der Waals surface area (Å²) in [4.78, 5) is 13.3. The Hall–Kier alpha value is -3.46. The highest BCUT2D eigenvalue weighted by atomic mass is 16.1. The van der Waals surface area contributed by atoms with Gasteiger partial charge in [-0.2, -0.15) is 0 Å². The van der Waals surface area contributed by atoms with Crippen molar-refractivity contribution >= 4 is 17.3 Å². The van der Waals surface area contributed by atoms with E-state index in [4.69, 9.17) is 9.78 Å². The van der Waals surface area contributed by atoms with Gasteiger partial charge in [-0.05, 0) is 70.7 Å². The third-order valence-electron chi connectivity index (χ3n) is 6.89. The number of nitrogens with zero attached hydrogens (tertiary/aromatic N) is 1. The Bertz CT molecular complexity index is 1220. The molecule has 0 atom stereocenters. The molecule has 0 unspecified atom stereocenters. The number of amides is 1. The Morgan fingerprint density at radius 3 is 2.32 bits per heavy atom. The van der Waals surface area contributed by atoms with E-state index in [1.54, 1.807) is 0 Å². The average molecular weight is 451 g/mol. The van der Waals surface area contributed by atoms with Gasteiger partial charge in [0.1, 0.15) is 0 Å². The van der Waals surface area contributed by atoms with Crippen molar-refractivity contribution in [1.82, 2.24) is 4.98 Å². The average Bonchev–Trinajstić information content (AvgIpc) is 2.90. The van der Waals surface area contributed by atoms with Crippen molar-refractivity contribution in [2.45, 2.75) is 57.8 Å². The third-order valence-corrected chi connectivity index (χ3v) is 6.89. The predicted molar refractivity (Wildman–Crippen MR) is 143 cm³/mol. The Morgan fingerprint density at radius 2 is 1.59 bits per heavy atom. The van der Waals surface area contributed by atoms with Crippen LogP contribution in [0.15, 0.2) is 79.0 Å². The summed E-state index contributed by atoms with van der Waals surface area (Å²) in [5.41, 5.74) is 13.3. The molecule has 1 aliphatic carbocycles. The van der Waals surface area contributed by atoms with E-state index in [1.165, 1.54) is 70.9 Å². The number of hydrogen-bond acceptors (Lipinski definition) is 2. The summed E-state index contributed by atoms with van der Waals surface area (Å²) in [6.45, 7) is 2.24. The molecule has 3 aromatic carbocycles. The molecule has 0 radical (unpaired) electrons. The van der Waals surface area contributed by atoms with Crippen LogP contribution in [0.5, 0.6) is 0 Å². The second-order valence-corrected chi connectivity index (χ2v) is 9.09. The molecule has 0 bridgehead atoms. The first kappa shape index (κ1) is 23.7. The molecular weight excluding hydrogens is 416 g/mol. The Morgan fingerprint density at radius 1 is 0.882 bits per heavy atom. The van der Waals surface area contributed by atoms with Gasteiger partial charge in [-0.25, -0.2) is 0 Å². The smallest absolute Gasteiger partial charge is 0.204 e. The van der Waals surface area contributed by atoms with Gasteiger partial charge < -0.3 is 5.73 Å². The van der Waals surface area contributed by atoms with E-state index in [0.717, 1.165) is 24.3 Å². The Balaban J connectivity index is 0.000000868. The molecule has 1 aromatic heterocycles. The fourth-order valence-electron chi connectivity index (χ4n) is 5.22. The molecule has 1 saturated carbocycles. The molecule has 0 saturated heterocycles. The first-order valence-electron chi connectivity index (χ1n) is 12.5. The zero-order chi connectivity index (χ0) is 23.8. The van der Waals surface area contributed by atoms with Gasteiger partial charge in [0.05, 0.1) is 5.52 Å². The minimum atomic E-state index is 0.250. The summed E-state index contributed by atoms with van der Waals surface area (Å²) >= 11 is 0. The lowest BCUT2D eigenvalue weighted by atomic mass is 9.83. The first-order chi connectivity index (χ1) is 16.7. The number of nitrogens with two attached hydrogens (primary N) is 1. The van der Waals surface area contributed by atoms with Crippen molar-refractivity contribution in [1.29, 1.82) is 0 Å². The number of carbonyl (C=O) groups is 1. The number of pyridine rings is 1. The highest BCUT2D eigenvalue weighted by molar-refractivity contribution is 5.97. The normalized spacial score (nSPS) is 13.8. The van der Waals surface area contributed by atoms with E-state index in [2.05, 4.69) is 85.5 Å². The summed E-state index contributed by atoms with van der Waals surface area (Å²) in [5, 5.41) is 1.23. The molecule has 174 valence electrons. The fraction of sp³-hybridized carbons (Fsp3) is 0.290. The molecule has 0 aliphatic heterocycles. The Kier molecular flexibility index (Phi) is 8.08. The van der Waals surface area contributed by atoms with E-state index in [-0.39, 0.29) is 6.41 Å². The summed E-state index contributed by atoms with van der Waals surface area (Å²) < 4.78 is 0. The third kappa shape index (κ3) is 5.36. The lowest BCUT2D eigenvalue weighted by molar-refractivity contribution is -0.106. The summed E-state index contributed by atoms with van der Waals surface area (Å²) in [6, 6.07) is 27.0. The van der Waals surface area contributed by atoms with E-state index < -0.39 is 0 Å². The molecule has 5 rings (SSSR count). The maximum Gasteiger partial charge on any atom is 0.204 e. The minimum absolute atomic E-state index is 0.250. The molecular formula is C31H34N2O. The number of aryl methyl sites for hydroxylation is 1. The molecule has 1 amide bonds. The van der Waals surface area contributed by atoms with Gasteiger partial charge >= 0.3 is 0 Å². The van der Waals surface area contributed by atoms with Crippen molar-refractivity contribution in [3.63, 3.8) is 0 Å². The molecule has 4 aromatic rings. The SMILES string of the molecule is CCCc1ccccc1-c1ccnc2cc(-c3ccc(C4CCCCC4)cc3)ccc12.NC=O. The van der Waals surface area contributed by atoms with Crippen LogP contribution >= 0.6 is 0 Å². The van der Waals surface area contributed by atoms with Crippen molar-refractivity contribution in [3.8, 4) is 22.3 Å². The van der Waals surface area contributed by atoms with Crippen LogP contribution in [0.3, 0.4) is 0 Å². The topological polar surface area (TPSA) is 56.0 Å². The van der Waals surface area contributed by atoms with Crippen molar-refractivity contribution < 1.29 is 4.79 Å². The first-order valence-corrected chi connectivity index (χ1v) is 12.5. The van der Waals surface area contributed by atoms with Crippen LogP contribution in [0, 0.1) is 0 Å². The van der Waals surface area contributed by atoms with E-state index in [0.29, 0.717) is 0 Å². The molecule has 34 heavy (non-hydrogen) atoms. The number of benzene rings is 3. The number of carbonyl (C=O) groups excluding carboxylic acids is 1. The number of rotatable bonds is 5.